The normalized spacial score (nSPS) is 14.5. The molecule has 0 radical (unpaired) electrons. The van der Waals surface area contributed by atoms with Crippen LogP contribution in [0.1, 0.15) is 118 Å². The fraction of sp³-hybridized carbons (Fsp3) is 0.857. The van der Waals surface area contributed by atoms with Crippen LogP contribution in [0.5, 0.6) is 0 Å². The molecule has 1 heterocycles. The van der Waals surface area contributed by atoms with Gasteiger partial charge in [-0.25, -0.2) is 4.98 Å². The van der Waals surface area contributed by atoms with E-state index >= 15 is 0 Å². The molecule has 1 aromatic rings. The van der Waals surface area contributed by atoms with Crippen LogP contribution in [0.4, 0.5) is 0 Å². The van der Waals surface area contributed by atoms with Crippen molar-refractivity contribution in [2.45, 2.75) is 111 Å². The number of rotatable bonds is 9. The van der Waals surface area contributed by atoms with Gasteiger partial charge in [0.05, 0.1) is 5.69 Å². The molecular formula is C21H40N2. The molecule has 0 aliphatic heterocycles. The summed E-state index contributed by atoms with van der Waals surface area (Å²) in [6, 6.07) is 0. The lowest BCUT2D eigenvalue weighted by molar-refractivity contribution is 0.408. The first-order chi connectivity index (χ1) is 10.6. The summed E-state index contributed by atoms with van der Waals surface area (Å²) >= 11 is 0. The van der Waals surface area contributed by atoms with Crippen LogP contribution < -0.4 is 0 Å². The highest BCUT2D eigenvalue weighted by Gasteiger charge is 2.34. The summed E-state index contributed by atoms with van der Waals surface area (Å²) in [6.45, 7) is 20.9. The van der Waals surface area contributed by atoms with Crippen LogP contribution in [0.2, 0.25) is 0 Å². The van der Waals surface area contributed by atoms with Gasteiger partial charge in [0, 0.05) is 22.4 Å². The highest BCUT2D eigenvalue weighted by Crippen LogP contribution is 2.39. The van der Waals surface area contributed by atoms with Crippen LogP contribution in [0.15, 0.2) is 0 Å². The molecule has 0 spiro atoms. The van der Waals surface area contributed by atoms with Crippen LogP contribution >= 0.6 is 0 Å². The number of imidazole rings is 1. The lowest BCUT2D eigenvalue weighted by Gasteiger charge is -2.26. The summed E-state index contributed by atoms with van der Waals surface area (Å²) in [7, 11) is 0. The lowest BCUT2D eigenvalue weighted by Crippen LogP contribution is -2.23. The topological polar surface area (TPSA) is 28.7 Å². The number of unbranched alkanes of at least 4 members (excludes halogenated alkanes) is 1. The van der Waals surface area contributed by atoms with Gasteiger partial charge >= 0.3 is 0 Å². The molecule has 1 atom stereocenters. The zero-order valence-corrected chi connectivity index (χ0v) is 17.1. The molecule has 0 amide bonds. The van der Waals surface area contributed by atoms with Crippen molar-refractivity contribution in [2.75, 3.05) is 0 Å². The molecule has 0 aliphatic carbocycles. The summed E-state index contributed by atoms with van der Waals surface area (Å²) in [4.78, 5) is 8.97. The van der Waals surface area contributed by atoms with E-state index in [-0.39, 0.29) is 10.8 Å². The predicted octanol–water partition coefficient (Wildman–Crippen LogP) is 6.71. The van der Waals surface area contributed by atoms with Gasteiger partial charge < -0.3 is 4.98 Å². The Morgan fingerprint density at radius 3 is 2.00 bits per heavy atom. The summed E-state index contributed by atoms with van der Waals surface area (Å²) in [6.07, 6.45) is 5.98. The maximum atomic E-state index is 5.20. The number of nitrogens with zero attached hydrogens (tertiary/aromatic N) is 1. The third kappa shape index (κ3) is 4.39. The second-order valence-electron chi connectivity index (χ2n) is 8.64. The Morgan fingerprint density at radius 2 is 1.57 bits per heavy atom. The van der Waals surface area contributed by atoms with Crippen LogP contribution in [0.3, 0.4) is 0 Å². The van der Waals surface area contributed by atoms with Gasteiger partial charge in [0.1, 0.15) is 5.82 Å². The van der Waals surface area contributed by atoms with Gasteiger partial charge in [-0.05, 0) is 25.2 Å². The third-order valence-corrected chi connectivity index (χ3v) is 6.12. The zero-order chi connectivity index (χ0) is 17.8. The van der Waals surface area contributed by atoms with Crippen LogP contribution in [-0.4, -0.2) is 9.97 Å². The molecule has 0 saturated heterocycles. The van der Waals surface area contributed by atoms with E-state index < -0.39 is 0 Å². The predicted molar refractivity (Wildman–Crippen MR) is 102 cm³/mol. The fourth-order valence-corrected chi connectivity index (χ4v) is 3.17. The Kier molecular flexibility index (Phi) is 6.92. The molecule has 1 N–H and O–H groups in total. The molecule has 23 heavy (non-hydrogen) atoms. The monoisotopic (exact) mass is 320 g/mol. The molecule has 0 saturated carbocycles. The SMILES string of the molecule is CCCCC(C)(C)c1nc(C(C)(CC)CC)[nH]c1C(C)C(C)C. The smallest absolute Gasteiger partial charge is 0.112 e. The van der Waals surface area contributed by atoms with Crippen molar-refractivity contribution in [3.8, 4) is 0 Å². The molecule has 1 unspecified atom stereocenters. The molecule has 0 fully saturated rings. The molecule has 0 bridgehead atoms. The van der Waals surface area contributed by atoms with E-state index in [4.69, 9.17) is 4.98 Å². The van der Waals surface area contributed by atoms with Gasteiger partial charge in [0.25, 0.3) is 0 Å². The van der Waals surface area contributed by atoms with Gasteiger partial charge in [-0.2, -0.15) is 0 Å². The number of hydrogen-bond acceptors (Lipinski definition) is 1. The standard InChI is InChI=1S/C21H40N2/c1-10-13-14-20(7,8)18-17(16(6)15(4)5)22-19(23-18)21(9,11-2)12-3/h15-16H,10-14H2,1-9H3,(H,22,23). The molecule has 1 aromatic heterocycles. The number of nitrogens with one attached hydrogen (secondary N) is 1. The molecule has 134 valence electrons. The quantitative estimate of drug-likeness (QED) is 0.538. The van der Waals surface area contributed by atoms with E-state index in [1.807, 2.05) is 0 Å². The largest absolute Gasteiger partial charge is 0.345 e. The third-order valence-electron chi connectivity index (χ3n) is 6.12. The van der Waals surface area contributed by atoms with Crippen molar-refractivity contribution in [1.29, 1.82) is 0 Å². The molecule has 2 nitrogen and oxygen atoms in total. The molecule has 0 aromatic carbocycles. The average molecular weight is 321 g/mol. The van der Waals surface area contributed by atoms with E-state index in [1.165, 1.54) is 36.5 Å². The molecular weight excluding hydrogens is 280 g/mol. The Bertz CT molecular complexity index is 478. The minimum absolute atomic E-state index is 0.144. The van der Waals surface area contributed by atoms with Crippen LogP contribution in [-0.2, 0) is 10.8 Å². The first-order valence-electron chi connectivity index (χ1n) is 9.73. The Balaban J connectivity index is 3.39. The number of hydrogen-bond donors (Lipinski definition) is 1. The van der Waals surface area contributed by atoms with Crippen molar-refractivity contribution in [3.63, 3.8) is 0 Å². The first-order valence-corrected chi connectivity index (χ1v) is 9.73. The van der Waals surface area contributed by atoms with Gasteiger partial charge in [0.2, 0.25) is 0 Å². The molecule has 2 heteroatoms. The minimum Gasteiger partial charge on any atom is -0.345 e. The van der Waals surface area contributed by atoms with E-state index in [0.29, 0.717) is 11.8 Å². The maximum Gasteiger partial charge on any atom is 0.112 e. The van der Waals surface area contributed by atoms with Crippen LogP contribution in [0, 0.1) is 5.92 Å². The van der Waals surface area contributed by atoms with E-state index in [0.717, 1.165) is 12.8 Å². The number of H-pyrrole nitrogens is 1. The van der Waals surface area contributed by atoms with Gasteiger partial charge in [-0.3, -0.25) is 0 Å². The van der Waals surface area contributed by atoms with E-state index in [2.05, 4.69) is 67.3 Å². The second-order valence-corrected chi connectivity index (χ2v) is 8.64. The fourth-order valence-electron chi connectivity index (χ4n) is 3.17. The van der Waals surface area contributed by atoms with Crippen molar-refractivity contribution >= 4 is 0 Å². The summed E-state index contributed by atoms with van der Waals surface area (Å²) in [5.74, 6) is 2.34. The average Bonchev–Trinajstić information content (AvgIpc) is 2.97. The summed E-state index contributed by atoms with van der Waals surface area (Å²) in [5.41, 5.74) is 3.00. The van der Waals surface area contributed by atoms with Crippen molar-refractivity contribution < 1.29 is 0 Å². The second kappa shape index (κ2) is 7.85. The van der Waals surface area contributed by atoms with Gasteiger partial charge in [-0.15, -0.1) is 0 Å². The highest BCUT2D eigenvalue weighted by atomic mass is 15.0. The van der Waals surface area contributed by atoms with Crippen molar-refractivity contribution in [2.24, 2.45) is 5.92 Å². The van der Waals surface area contributed by atoms with Gasteiger partial charge in [0.15, 0.2) is 0 Å². The highest BCUT2D eigenvalue weighted by molar-refractivity contribution is 5.29. The first kappa shape index (κ1) is 20.3. The Hall–Kier alpha value is -0.790. The molecule has 1 rings (SSSR count). The zero-order valence-electron chi connectivity index (χ0n) is 17.1. The Labute approximate surface area is 144 Å². The summed E-state index contributed by atoms with van der Waals surface area (Å²) < 4.78 is 0. The van der Waals surface area contributed by atoms with Gasteiger partial charge in [-0.1, -0.05) is 75.2 Å². The van der Waals surface area contributed by atoms with E-state index in [9.17, 15) is 0 Å². The maximum absolute atomic E-state index is 5.20. The van der Waals surface area contributed by atoms with Crippen molar-refractivity contribution in [3.05, 3.63) is 17.2 Å². The molecule has 0 aliphatic rings. The van der Waals surface area contributed by atoms with Crippen molar-refractivity contribution in [1.82, 2.24) is 9.97 Å². The lowest BCUT2D eigenvalue weighted by atomic mass is 9.79. The van der Waals surface area contributed by atoms with Crippen LogP contribution in [0.25, 0.3) is 0 Å². The number of aromatic amines is 1. The Morgan fingerprint density at radius 1 is 1.00 bits per heavy atom. The minimum atomic E-state index is 0.144. The number of aromatic nitrogens is 2. The van der Waals surface area contributed by atoms with E-state index in [1.54, 1.807) is 0 Å². The summed E-state index contributed by atoms with van der Waals surface area (Å²) in [5, 5.41) is 0.